The molecule has 0 saturated carbocycles. The van der Waals surface area contributed by atoms with Crippen LogP contribution in [-0.4, -0.2) is 48.4 Å². The molecule has 2 aliphatic heterocycles. The molecule has 3 rings (SSSR count). The van der Waals surface area contributed by atoms with Crippen molar-refractivity contribution in [2.24, 2.45) is 5.92 Å². The van der Waals surface area contributed by atoms with Gasteiger partial charge in [0.1, 0.15) is 0 Å². The molecule has 1 aromatic carbocycles. The van der Waals surface area contributed by atoms with Crippen molar-refractivity contribution in [1.29, 1.82) is 0 Å². The highest BCUT2D eigenvalue weighted by atomic mass is 16.4. The maximum absolute atomic E-state index is 12.1. The first-order chi connectivity index (χ1) is 10.5. The number of amides is 1. The van der Waals surface area contributed by atoms with Crippen LogP contribution in [0.25, 0.3) is 0 Å². The molecule has 7 nitrogen and oxygen atoms in total. The molecule has 22 heavy (non-hydrogen) atoms. The minimum absolute atomic E-state index is 0.249. The van der Waals surface area contributed by atoms with Crippen molar-refractivity contribution in [3.8, 4) is 0 Å². The van der Waals surface area contributed by atoms with E-state index in [1.165, 1.54) is 0 Å². The van der Waals surface area contributed by atoms with Gasteiger partial charge in [0.2, 0.25) is 5.91 Å². The molecular formula is C15H17N3O4. The Balaban J connectivity index is 1.92. The molecule has 7 heteroatoms. The van der Waals surface area contributed by atoms with Crippen LogP contribution in [0.2, 0.25) is 0 Å². The number of carbonyl (C=O) groups excluding carboxylic acids is 2. The van der Waals surface area contributed by atoms with Gasteiger partial charge in [-0.1, -0.05) is 0 Å². The minimum Gasteiger partial charge on any atom is -0.480 e. The summed E-state index contributed by atoms with van der Waals surface area (Å²) in [5, 5.41) is 14.9. The number of carboxylic acid groups (broad SMARTS) is 1. The summed E-state index contributed by atoms with van der Waals surface area (Å²) in [4.78, 5) is 37.2. The Bertz CT molecular complexity index is 658. The van der Waals surface area contributed by atoms with Crippen LogP contribution in [-0.2, 0) is 9.59 Å². The summed E-state index contributed by atoms with van der Waals surface area (Å²) in [5.74, 6) is -4.52. The predicted molar refractivity (Wildman–Crippen MR) is 80.2 cm³/mol. The second-order valence-electron chi connectivity index (χ2n) is 5.66. The van der Waals surface area contributed by atoms with Crippen LogP contribution in [0.5, 0.6) is 0 Å². The number of ketones is 1. The highest BCUT2D eigenvalue weighted by Gasteiger charge is 2.40. The van der Waals surface area contributed by atoms with Crippen molar-refractivity contribution in [3.63, 3.8) is 0 Å². The van der Waals surface area contributed by atoms with E-state index in [0.717, 1.165) is 25.3 Å². The zero-order valence-electron chi connectivity index (χ0n) is 12.1. The average molecular weight is 303 g/mol. The number of Topliss-reactive ketones (excluding diaryl/α,β-unsaturated/α-hetero) is 1. The second kappa shape index (κ2) is 5.42. The summed E-state index contributed by atoms with van der Waals surface area (Å²) in [7, 11) is 0. The number of nitrogens with zero attached hydrogens (tertiary/aromatic N) is 1. The average Bonchev–Trinajstić information content (AvgIpc) is 2.46. The van der Waals surface area contributed by atoms with Crippen LogP contribution in [0.15, 0.2) is 18.2 Å². The first kappa shape index (κ1) is 14.5. The van der Waals surface area contributed by atoms with Crippen molar-refractivity contribution in [2.45, 2.75) is 13.0 Å². The van der Waals surface area contributed by atoms with Crippen LogP contribution in [0.3, 0.4) is 0 Å². The molecule has 1 fully saturated rings. The fraction of sp³-hybridized carbons (Fsp3) is 0.400. The van der Waals surface area contributed by atoms with Crippen molar-refractivity contribution < 1.29 is 19.5 Å². The Morgan fingerprint density at radius 3 is 2.82 bits per heavy atom. The standard InChI is InChI=1S/C15H17N3O4/c1-8-7-18(5-4-16-8)9-2-3-10-11(6-9)17-14(20)12(13(10)19)15(21)22/h2-3,6,8,12,16H,4-5,7H2,1H3,(H,17,20)(H,21,22). The fourth-order valence-corrected chi connectivity index (χ4v) is 2.92. The number of fused-ring (bicyclic) bond motifs is 1. The highest BCUT2D eigenvalue weighted by molar-refractivity contribution is 6.29. The van der Waals surface area contributed by atoms with Gasteiger partial charge < -0.3 is 20.6 Å². The van der Waals surface area contributed by atoms with Crippen molar-refractivity contribution >= 4 is 29.0 Å². The van der Waals surface area contributed by atoms with E-state index < -0.39 is 23.6 Å². The third-order valence-electron chi connectivity index (χ3n) is 4.03. The SMILES string of the molecule is CC1CN(c2ccc3c(c2)NC(=O)C(C(=O)O)C3=O)CCN1. The van der Waals surface area contributed by atoms with Crippen molar-refractivity contribution in [1.82, 2.24) is 5.32 Å². The molecule has 1 amide bonds. The van der Waals surface area contributed by atoms with Crippen molar-refractivity contribution in [3.05, 3.63) is 23.8 Å². The Morgan fingerprint density at radius 2 is 2.14 bits per heavy atom. The Kier molecular flexibility index (Phi) is 3.58. The smallest absolute Gasteiger partial charge is 0.324 e. The molecule has 2 aliphatic rings. The number of rotatable bonds is 2. The van der Waals surface area contributed by atoms with Gasteiger partial charge in [-0.05, 0) is 25.1 Å². The lowest BCUT2D eigenvalue weighted by Crippen LogP contribution is -2.49. The summed E-state index contributed by atoms with van der Waals surface area (Å²) < 4.78 is 0. The minimum atomic E-state index is -1.66. The Morgan fingerprint density at radius 1 is 1.36 bits per heavy atom. The summed E-state index contributed by atoms with van der Waals surface area (Å²) in [5.41, 5.74) is 1.55. The number of benzene rings is 1. The molecule has 2 unspecified atom stereocenters. The lowest BCUT2D eigenvalue weighted by molar-refractivity contribution is -0.143. The number of hydrogen-bond acceptors (Lipinski definition) is 5. The summed E-state index contributed by atoms with van der Waals surface area (Å²) in [6, 6.07) is 5.49. The molecular weight excluding hydrogens is 286 g/mol. The van der Waals surface area contributed by atoms with Crippen LogP contribution in [0.1, 0.15) is 17.3 Å². The first-order valence-electron chi connectivity index (χ1n) is 7.17. The molecule has 1 aromatic rings. The maximum atomic E-state index is 12.1. The van der Waals surface area contributed by atoms with E-state index in [1.54, 1.807) is 18.2 Å². The molecule has 3 N–H and O–H groups in total. The van der Waals surface area contributed by atoms with Crippen LogP contribution in [0.4, 0.5) is 11.4 Å². The predicted octanol–water partition coefficient (Wildman–Crippen LogP) is 0.320. The number of piperazine rings is 1. The first-order valence-corrected chi connectivity index (χ1v) is 7.17. The van der Waals surface area contributed by atoms with E-state index in [-0.39, 0.29) is 5.56 Å². The molecule has 116 valence electrons. The van der Waals surface area contributed by atoms with Gasteiger partial charge in [0.25, 0.3) is 0 Å². The third-order valence-corrected chi connectivity index (χ3v) is 4.03. The molecule has 0 aromatic heterocycles. The molecule has 0 bridgehead atoms. The Hall–Kier alpha value is -2.41. The number of hydrogen-bond donors (Lipinski definition) is 3. The zero-order chi connectivity index (χ0) is 15.9. The summed E-state index contributed by atoms with van der Waals surface area (Å²) in [6.45, 7) is 4.62. The number of carboxylic acids is 1. The van der Waals surface area contributed by atoms with Crippen LogP contribution in [0, 0.1) is 5.92 Å². The lowest BCUT2D eigenvalue weighted by Gasteiger charge is -2.34. The van der Waals surface area contributed by atoms with Crippen molar-refractivity contribution in [2.75, 3.05) is 29.9 Å². The zero-order valence-corrected chi connectivity index (χ0v) is 12.1. The normalized spacial score (nSPS) is 24.7. The van der Waals surface area contributed by atoms with E-state index in [0.29, 0.717) is 11.7 Å². The van der Waals surface area contributed by atoms with Gasteiger partial charge in [-0.3, -0.25) is 14.4 Å². The number of aliphatic carboxylic acids is 1. The Labute approximate surface area is 127 Å². The summed E-state index contributed by atoms with van der Waals surface area (Å²) >= 11 is 0. The van der Waals surface area contributed by atoms with Gasteiger partial charge in [-0.2, -0.15) is 0 Å². The van der Waals surface area contributed by atoms with E-state index >= 15 is 0 Å². The van der Waals surface area contributed by atoms with E-state index in [9.17, 15) is 14.4 Å². The fourth-order valence-electron chi connectivity index (χ4n) is 2.92. The maximum Gasteiger partial charge on any atom is 0.324 e. The highest BCUT2D eigenvalue weighted by Crippen LogP contribution is 2.30. The quantitative estimate of drug-likeness (QED) is 0.681. The van der Waals surface area contributed by atoms with Gasteiger partial charge in [-0.25, -0.2) is 0 Å². The number of carbonyl (C=O) groups is 3. The number of nitrogens with one attached hydrogen (secondary N) is 2. The third kappa shape index (κ3) is 2.43. The molecule has 0 radical (unpaired) electrons. The van der Waals surface area contributed by atoms with E-state index in [2.05, 4.69) is 22.5 Å². The summed E-state index contributed by atoms with van der Waals surface area (Å²) in [6.07, 6.45) is 0. The van der Waals surface area contributed by atoms with Gasteiger partial charge in [-0.15, -0.1) is 0 Å². The van der Waals surface area contributed by atoms with Gasteiger partial charge in [0.05, 0.1) is 5.69 Å². The van der Waals surface area contributed by atoms with Gasteiger partial charge in [0.15, 0.2) is 11.7 Å². The second-order valence-corrected chi connectivity index (χ2v) is 5.66. The molecule has 2 heterocycles. The molecule has 2 atom stereocenters. The van der Waals surface area contributed by atoms with Crippen LogP contribution < -0.4 is 15.5 Å². The lowest BCUT2D eigenvalue weighted by atomic mass is 9.91. The number of anilines is 2. The van der Waals surface area contributed by atoms with Gasteiger partial charge in [0, 0.05) is 36.9 Å². The molecule has 0 spiro atoms. The van der Waals surface area contributed by atoms with E-state index in [4.69, 9.17) is 5.11 Å². The monoisotopic (exact) mass is 303 g/mol. The topological polar surface area (TPSA) is 98.7 Å². The largest absolute Gasteiger partial charge is 0.480 e. The van der Waals surface area contributed by atoms with E-state index in [1.807, 2.05) is 0 Å². The van der Waals surface area contributed by atoms with Crippen LogP contribution >= 0.6 is 0 Å². The molecule has 1 saturated heterocycles. The molecule has 0 aliphatic carbocycles. The van der Waals surface area contributed by atoms with Gasteiger partial charge >= 0.3 is 5.97 Å².